The van der Waals surface area contributed by atoms with Crippen molar-refractivity contribution in [1.82, 2.24) is 19.2 Å². The van der Waals surface area contributed by atoms with E-state index < -0.39 is 28.3 Å². The molecule has 1 amide bonds. The molecule has 224 valence electrons. The van der Waals surface area contributed by atoms with Gasteiger partial charge in [-0.3, -0.25) is 0 Å². The Labute approximate surface area is 242 Å². The number of nitrogens with zero attached hydrogens (tertiary/aromatic N) is 3. The normalized spacial score (nSPS) is 17.4. The number of carbonyl (C=O) groups is 1. The molecule has 10 nitrogen and oxygen atoms in total. The van der Waals surface area contributed by atoms with Gasteiger partial charge in [0, 0.05) is 26.1 Å². The minimum atomic E-state index is -3.99. The van der Waals surface area contributed by atoms with E-state index in [-0.39, 0.29) is 30.0 Å². The van der Waals surface area contributed by atoms with Crippen LogP contribution in [0.5, 0.6) is 0 Å². The fourth-order valence-electron chi connectivity index (χ4n) is 4.99. The Morgan fingerprint density at radius 2 is 1.90 bits per heavy atom. The number of fused-ring (bicyclic) bond motifs is 1. The molecule has 1 aliphatic heterocycles. The second kappa shape index (κ2) is 13.8. The van der Waals surface area contributed by atoms with Crippen molar-refractivity contribution in [3.63, 3.8) is 0 Å². The molecular weight excluding hydrogens is 544 g/mol. The van der Waals surface area contributed by atoms with E-state index in [1.807, 2.05) is 48.7 Å². The molecule has 2 aromatic carbocycles. The van der Waals surface area contributed by atoms with Crippen molar-refractivity contribution in [2.45, 2.75) is 70.2 Å². The number of benzene rings is 2. The van der Waals surface area contributed by atoms with E-state index in [4.69, 9.17) is 9.47 Å². The third kappa shape index (κ3) is 8.28. The highest BCUT2D eigenvalue weighted by atomic mass is 32.2. The standard InChI is InChI=1S/C30H42N4O6S/c1-21(2)16-33-20-31-26-11-10-25(15-28(26)33)41(37,38)34(17-22(3)4)18-29(35)27(14-23-8-6-5-7-9-23)32-30(36)40-24-12-13-39-19-24/h5-11,15,20-22,24,27,29,35H,12-14,16-19H2,1-4H3,(H,32,36)/t24-,27-,29+/m0/s1. The number of nitrogens with one attached hydrogen (secondary N) is 1. The highest BCUT2D eigenvalue weighted by molar-refractivity contribution is 7.89. The van der Waals surface area contributed by atoms with Gasteiger partial charge in [-0.05, 0) is 42.0 Å². The molecule has 1 saturated heterocycles. The number of aliphatic hydroxyl groups excluding tert-OH is 1. The molecule has 0 unspecified atom stereocenters. The minimum Gasteiger partial charge on any atom is -0.444 e. The second-order valence-corrected chi connectivity index (χ2v) is 13.5. The zero-order valence-electron chi connectivity index (χ0n) is 24.3. The molecule has 0 saturated carbocycles. The number of imidazole rings is 1. The van der Waals surface area contributed by atoms with Gasteiger partial charge in [-0.15, -0.1) is 0 Å². The quantitative estimate of drug-likeness (QED) is 0.312. The van der Waals surface area contributed by atoms with Crippen molar-refractivity contribution >= 4 is 27.1 Å². The first-order valence-electron chi connectivity index (χ1n) is 14.2. The number of alkyl carbamates (subject to hydrolysis) is 1. The van der Waals surface area contributed by atoms with E-state index in [0.29, 0.717) is 38.5 Å². The second-order valence-electron chi connectivity index (χ2n) is 11.6. The summed E-state index contributed by atoms with van der Waals surface area (Å²) in [6, 6.07) is 13.6. The predicted molar refractivity (Wildman–Crippen MR) is 157 cm³/mol. The Balaban J connectivity index is 1.58. The van der Waals surface area contributed by atoms with E-state index >= 15 is 0 Å². The van der Waals surface area contributed by atoms with Gasteiger partial charge in [-0.1, -0.05) is 58.0 Å². The summed E-state index contributed by atoms with van der Waals surface area (Å²) in [5.74, 6) is 0.363. The molecule has 11 heteroatoms. The number of carbonyl (C=O) groups excluding carboxylic acids is 1. The van der Waals surface area contributed by atoms with Gasteiger partial charge in [0.1, 0.15) is 6.10 Å². The van der Waals surface area contributed by atoms with Crippen molar-refractivity contribution < 1.29 is 27.8 Å². The highest BCUT2D eigenvalue weighted by Gasteiger charge is 2.32. The Bertz CT molecular complexity index is 1390. The molecular formula is C30H42N4O6S. The first-order valence-corrected chi connectivity index (χ1v) is 15.7. The summed E-state index contributed by atoms with van der Waals surface area (Å²) in [7, 11) is -3.99. The van der Waals surface area contributed by atoms with Crippen LogP contribution in [-0.2, 0) is 32.5 Å². The molecule has 3 aromatic rings. The molecule has 0 aliphatic carbocycles. The third-order valence-electron chi connectivity index (χ3n) is 6.98. The number of aliphatic hydroxyl groups is 1. The van der Waals surface area contributed by atoms with E-state index in [1.165, 1.54) is 4.31 Å². The summed E-state index contributed by atoms with van der Waals surface area (Å²) in [6.45, 7) is 9.61. The van der Waals surface area contributed by atoms with Gasteiger partial charge in [-0.25, -0.2) is 18.2 Å². The first-order chi connectivity index (χ1) is 19.5. The number of hydrogen-bond donors (Lipinski definition) is 2. The van der Waals surface area contributed by atoms with Crippen molar-refractivity contribution in [2.75, 3.05) is 26.3 Å². The molecule has 0 bridgehead atoms. The summed E-state index contributed by atoms with van der Waals surface area (Å²) in [4.78, 5) is 17.3. The van der Waals surface area contributed by atoms with Crippen LogP contribution in [0.15, 0.2) is 59.8 Å². The molecule has 41 heavy (non-hydrogen) atoms. The maximum Gasteiger partial charge on any atom is 0.407 e. The lowest BCUT2D eigenvalue weighted by atomic mass is 10.0. The van der Waals surface area contributed by atoms with Crippen LogP contribution in [0.3, 0.4) is 0 Å². The lowest BCUT2D eigenvalue weighted by molar-refractivity contribution is 0.0644. The van der Waals surface area contributed by atoms with E-state index in [2.05, 4.69) is 24.1 Å². The summed E-state index contributed by atoms with van der Waals surface area (Å²) < 4.78 is 42.0. The van der Waals surface area contributed by atoms with Gasteiger partial charge >= 0.3 is 6.09 Å². The maximum absolute atomic E-state index is 14.0. The molecule has 3 atom stereocenters. The maximum atomic E-state index is 14.0. The van der Waals surface area contributed by atoms with Gasteiger partial charge in [0.2, 0.25) is 10.0 Å². The average Bonchev–Trinajstić information content (AvgIpc) is 3.57. The minimum absolute atomic E-state index is 0.0000365. The molecule has 1 fully saturated rings. The smallest absolute Gasteiger partial charge is 0.407 e. The Morgan fingerprint density at radius 1 is 1.15 bits per heavy atom. The largest absolute Gasteiger partial charge is 0.444 e. The lowest BCUT2D eigenvalue weighted by Gasteiger charge is -2.30. The number of rotatable bonds is 13. The SMILES string of the molecule is CC(C)CN(C[C@@H](O)[C@H](Cc1ccccc1)NC(=O)O[C@H]1CCOC1)S(=O)(=O)c1ccc2ncn(CC(C)C)c2c1. The number of amides is 1. The van der Waals surface area contributed by atoms with Gasteiger partial charge in [0.25, 0.3) is 0 Å². The van der Waals surface area contributed by atoms with E-state index in [9.17, 15) is 18.3 Å². The number of sulfonamides is 1. The molecule has 1 aromatic heterocycles. The van der Waals surface area contributed by atoms with Crippen molar-refractivity contribution in [3.05, 3.63) is 60.4 Å². The first kappa shape index (κ1) is 31.0. The average molecular weight is 587 g/mol. The molecule has 0 spiro atoms. The lowest BCUT2D eigenvalue weighted by Crippen LogP contribution is -2.51. The Hall–Kier alpha value is -2.99. The van der Waals surface area contributed by atoms with Crippen LogP contribution in [0.4, 0.5) is 4.79 Å². The van der Waals surface area contributed by atoms with Crippen LogP contribution in [-0.4, -0.2) is 78.0 Å². The van der Waals surface area contributed by atoms with Crippen LogP contribution < -0.4 is 5.32 Å². The Kier molecular flexibility index (Phi) is 10.4. The zero-order chi connectivity index (χ0) is 29.6. The zero-order valence-corrected chi connectivity index (χ0v) is 25.1. The number of aromatic nitrogens is 2. The third-order valence-corrected chi connectivity index (χ3v) is 8.81. The monoisotopic (exact) mass is 586 g/mol. The molecule has 4 rings (SSSR count). The van der Waals surface area contributed by atoms with E-state index in [1.54, 1.807) is 24.5 Å². The van der Waals surface area contributed by atoms with Gasteiger partial charge < -0.3 is 24.5 Å². The summed E-state index contributed by atoms with van der Waals surface area (Å²) in [5.41, 5.74) is 2.36. The predicted octanol–water partition coefficient (Wildman–Crippen LogP) is 3.83. The van der Waals surface area contributed by atoms with Crippen LogP contribution in [0, 0.1) is 11.8 Å². The number of hydrogen-bond acceptors (Lipinski definition) is 7. The van der Waals surface area contributed by atoms with Gasteiger partial charge in [0.15, 0.2) is 0 Å². The van der Waals surface area contributed by atoms with Crippen molar-refractivity contribution in [2.24, 2.45) is 11.8 Å². The molecule has 1 aliphatic rings. The molecule has 0 radical (unpaired) electrons. The fourth-order valence-corrected chi connectivity index (χ4v) is 6.63. The van der Waals surface area contributed by atoms with Crippen LogP contribution in [0.25, 0.3) is 11.0 Å². The summed E-state index contributed by atoms with van der Waals surface area (Å²) in [5, 5.41) is 14.2. The van der Waals surface area contributed by atoms with Crippen LogP contribution in [0.1, 0.15) is 39.7 Å². The number of ether oxygens (including phenoxy) is 2. The van der Waals surface area contributed by atoms with Crippen molar-refractivity contribution in [1.29, 1.82) is 0 Å². The topological polar surface area (TPSA) is 123 Å². The van der Waals surface area contributed by atoms with Crippen LogP contribution >= 0.6 is 0 Å². The van der Waals surface area contributed by atoms with E-state index in [0.717, 1.165) is 16.6 Å². The van der Waals surface area contributed by atoms with Gasteiger partial charge in [0.05, 0.1) is 47.6 Å². The highest BCUT2D eigenvalue weighted by Crippen LogP contribution is 2.24. The van der Waals surface area contributed by atoms with Gasteiger partial charge in [-0.2, -0.15) is 4.31 Å². The Morgan fingerprint density at radius 3 is 2.56 bits per heavy atom. The molecule has 2 heterocycles. The molecule has 2 N–H and O–H groups in total. The summed E-state index contributed by atoms with van der Waals surface area (Å²) >= 11 is 0. The van der Waals surface area contributed by atoms with Crippen LogP contribution in [0.2, 0.25) is 0 Å². The van der Waals surface area contributed by atoms with Crippen molar-refractivity contribution in [3.8, 4) is 0 Å². The fraction of sp³-hybridized carbons (Fsp3) is 0.533. The summed E-state index contributed by atoms with van der Waals surface area (Å²) in [6.07, 6.45) is 0.428.